The molecule has 0 unspecified atom stereocenters. The maximum Gasteiger partial charge on any atom is 0.243 e. The van der Waals surface area contributed by atoms with Gasteiger partial charge in [0.25, 0.3) is 0 Å². The van der Waals surface area contributed by atoms with Crippen molar-refractivity contribution in [3.05, 3.63) is 65.7 Å². The molecule has 6 nitrogen and oxygen atoms in total. The van der Waals surface area contributed by atoms with Crippen LogP contribution in [0.15, 0.2) is 59.5 Å². The average Bonchev–Trinajstić information content (AvgIpc) is 2.79. The van der Waals surface area contributed by atoms with Crippen molar-refractivity contribution in [3.63, 3.8) is 0 Å². The second-order valence-electron chi connectivity index (χ2n) is 7.88. The molecule has 0 aliphatic carbocycles. The third-order valence-electron chi connectivity index (χ3n) is 5.87. The van der Waals surface area contributed by atoms with Crippen molar-refractivity contribution in [2.24, 2.45) is 0 Å². The molecule has 31 heavy (non-hydrogen) atoms. The molecule has 0 N–H and O–H groups in total. The number of rotatable bonds is 9. The molecule has 2 aromatic carbocycles. The van der Waals surface area contributed by atoms with E-state index in [1.165, 1.54) is 9.87 Å². The zero-order chi connectivity index (χ0) is 22.3. The summed E-state index contributed by atoms with van der Waals surface area (Å²) in [6, 6.07) is 17.3. The van der Waals surface area contributed by atoms with E-state index in [0.717, 1.165) is 38.3 Å². The largest absolute Gasteiger partial charge is 0.340 e. The van der Waals surface area contributed by atoms with Crippen LogP contribution in [0.3, 0.4) is 0 Å². The van der Waals surface area contributed by atoms with E-state index in [1.807, 2.05) is 36.9 Å². The number of carbonyl (C=O) groups excluding carboxylic acids is 1. The summed E-state index contributed by atoms with van der Waals surface area (Å²) in [5, 5.41) is 0. The van der Waals surface area contributed by atoms with Gasteiger partial charge in [0.1, 0.15) is 0 Å². The van der Waals surface area contributed by atoms with Crippen LogP contribution in [0.5, 0.6) is 0 Å². The molecule has 3 rings (SSSR count). The quantitative estimate of drug-likeness (QED) is 0.598. The Morgan fingerprint density at radius 3 is 2.06 bits per heavy atom. The van der Waals surface area contributed by atoms with Crippen molar-refractivity contribution >= 4 is 15.9 Å². The number of aryl methyl sites for hydroxylation is 1. The topological polar surface area (TPSA) is 60.9 Å². The van der Waals surface area contributed by atoms with Gasteiger partial charge in [-0.25, -0.2) is 8.42 Å². The summed E-state index contributed by atoms with van der Waals surface area (Å²) in [5.74, 6) is 0.166. The monoisotopic (exact) mass is 443 g/mol. The van der Waals surface area contributed by atoms with Crippen LogP contribution in [0.4, 0.5) is 0 Å². The minimum atomic E-state index is -3.44. The molecule has 0 aromatic heterocycles. The van der Waals surface area contributed by atoms with E-state index in [1.54, 1.807) is 12.1 Å². The van der Waals surface area contributed by atoms with Gasteiger partial charge >= 0.3 is 0 Å². The third kappa shape index (κ3) is 6.15. The molecule has 168 valence electrons. The molecule has 1 saturated heterocycles. The van der Waals surface area contributed by atoms with Crippen LogP contribution in [0, 0.1) is 0 Å². The highest BCUT2D eigenvalue weighted by molar-refractivity contribution is 7.89. The molecular weight excluding hydrogens is 410 g/mol. The lowest BCUT2D eigenvalue weighted by molar-refractivity contribution is -0.133. The summed E-state index contributed by atoms with van der Waals surface area (Å²) in [6.07, 6.45) is 1.06. The van der Waals surface area contributed by atoms with Crippen LogP contribution < -0.4 is 0 Å². The first-order valence-corrected chi connectivity index (χ1v) is 12.5. The second-order valence-corrected chi connectivity index (χ2v) is 9.81. The summed E-state index contributed by atoms with van der Waals surface area (Å²) in [5.41, 5.74) is 2.28. The number of amides is 1. The van der Waals surface area contributed by atoms with E-state index in [2.05, 4.69) is 29.2 Å². The van der Waals surface area contributed by atoms with Gasteiger partial charge in [-0.15, -0.1) is 0 Å². The molecule has 2 aromatic rings. The number of hydrogen-bond acceptors (Lipinski definition) is 4. The van der Waals surface area contributed by atoms with Crippen LogP contribution in [-0.2, 0) is 27.8 Å². The van der Waals surface area contributed by atoms with E-state index in [9.17, 15) is 13.2 Å². The van der Waals surface area contributed by atoms with Crippen molar-refractivity contribution in [2.45, 2.75) is 38.1 Å². The number of sulfonamides is 1. The molecule has 0 atom stereocenters. The van der Waals surface area contributed by atoms with Gasteiger partial charge in [0, 0.05) is 52.2 Å². The van der Waals surface area contributed by atoms with E-state index in [4.69, 9.17) is 0 Å². The predicted octanol–water partition coefficient (Wildman–Crippen LogP) is 2.99. The Morgan fingerprint density at radius 2 is 1.48 bits per heavy atom. The Morgan fingerprint density at radius 1 is 0.871 bits per heavy atom. The molecule has 0 bridgehead atoms. The number of nitrogens with zero attached hydrogens (tertiary/aromatic N) is 3. The number of piperazine rings is 1. The molecule has 1 aliphatic heterocycles. The predicted molar refractivity (Wildman–Crippen MR) is 123 cm³/mol. The van der Waals surface area contributed by atoms with Crippen molar-refractivity contribution in [1.29, 1.82) is 0 Å². The Hall–Kier alpha value is -2.22. The summed E-state index contributed by atoms with van der Waals surface area (Å²) >= 11 is 0. The SMILES string of the molecule is CCN(CC)S(=O)(=O)c1ccc(CCC(=O)N2CCN(Cc3ccccc3)CC2)cc1. The van der Waals surface area contributed by atoms with Gasteiger partial charge < -0.3 is 4.90 Å². The van der Waals surface area contributed by atoms with Gasteiger partial charge in [0.15, 0.2) is 0 Å². The van der Waals surface area contributed by atoms with Gasteiger partial charge in [-0.3, -0.25) is 9.69 Å². The fourth-order valence-electron chi connectivity index (χ4n) is 3.95. The molecular formula is C24H33N3O3S. The zero-order valence-electron chi connectivity index (χ0n) is 18.5. The van der Waals surface area contributed by atoms with Gasteiger partial charge in [-0.05, 0) is 29.7 Å². The molecule has 1 heterocycles. The highest BCUT2D eigenvalue weighted by atomic mass is 32.2. The van der Waals surface area contributed by atoms with Crippen LogP contribution in [0.2, 0.25) is 0 Å². The summed E-state index contributed by atoms with van der Waals surface area (Å²) < 4.78 is 26.6. The lowest BCUT2D eigenvalue weighted by Crippen LogP contribution is -2.48. The zero-order valence-corrected chi connectivity index (χ0v) is 19.4. The Bertz CT molecular complexity index is 934. The Kier molecular flexibility index (Phi) is 8.23. The van der Waals surface area contributed by atoms with Crippen molar-refractivity contribution < 1.29 is 13.2 Å². The number of carbonyl (C=O) groups is 1. The summed E-state index contributed by atoms with van der Waals surface area (Å²) in [7, 11) is -3.44. The van der Waals surface area contributed by atoms with E-state index < -0.39 is 10.0 Å². The lowest BCUT2D eigenvalue weighted by atomic mass is 10.1. The van der Waals surface area contributed by atoms with E-state index in [-0.39, 0.29) is 5.91 Å². The first kappa shape index (κ1) is 23.4. The summed E-state index contributed by atoms with van der Waals surface area (Å²) in [6.45, 7) is 8.79. The molecule has 7 heteroatoms. The van der Waals surface area contributed by atoms with Crippen molar-refractivity contribution in [2.75, 3.05) is 39.3 Å². The third-order valence-corrected chi connectivity index (χ3v) is 7.93. The maximum atomic E-state index is 12.6. The minimum Gasteiger partial charge on any atom is -0.340 e. The smallest absolute Gasteiger partial charge is 0.243 e. The normalized spacial score (nSPS) is 15.4. The van der Waals surface area contributed by atoms with Crippen LogP contribution in [0.1, 0.15) is 31.4 Å². The minimum absolute atomic E-state index is 0.166. The van der Waals surface area contributed by atoms with Crippen LogP contribution >= 0.6 is 0 Å². The number of benzene rings is 2. The van der Waals surface area contributed by atoms with Gasteiger partial charge in [0.05, 0.1) is 4.90 Å². The van der Waals surface area contributed by atoms with Crippen LogP contribution in [0.25, 0.3) is 0 Å². The molecule has 1 fully saturated rings. The fraction of sp³-hybridized carbons (Fsp3) is 0.458. The molecule has 0 spiro atoms. The standard InChI is InChI=1S/C24H33N3O3S/c1-3-27(4-2)31(29,30)23-13-10-21(11-14-23)12-15-24(28)26-18-16-25(17-19-26)20-22-8-6-5-7-9-22/h5-11,13-14H,3-4,12,15-20H2,1-2H3. The Labute approximate surface area is 186 Å². The van der Waals surface area contributed by atoms with E-state index >= 15 is 0 Å². The van der Waals surface area contributed by atoms with Crippen molar-refractivity contribution in [1.82, 2.24) is 14.1 Å². The maximum absolute atomic E-state index is 12.6. The molecule has 0 radical (unpaired) electrons. The second kappa shape index (κ2) is 10.9. The molecule has 1 amide bonds. The van der Waals surface area contributed by atoms with Gasteiger partial charge in [-0.2, -0.15) is 4.31 Å². The Balaban J connectivity index is 1.47. The summed E-state index contributed by atoms with van der Waals surface area (Å²) in [4.78, 5) is 17.3. The van der Waals surface area contributed by atoms with Gasteiger partial charge in [-0.1, -0.05) is 56.3 Å². The average molecular weight is 444 g/mol. The first-order chi connectivity index (χ1) is 14.9. The number of hydrogen-bond donors (Lipinski definition) is 0. The van der Waals surface area contributed by atoms with Gasteiger partial charge in [0.2, 0.25) is 15.9 Å². The van der Waals surface area contributed by atoms with E-state index in [0.29, 0.717) is 30.8 Å². The molecule has 0 saturated carbocycles. The van der Waals surface area contributed by atoms with Crippen LogP contribution in [-0.4, -0.2) is 67.7 Å². The molecule has 1 aliphatic rings. The first-order valence-electron chi connectivity index (χ1n) is 11.1. The highest BCUT2D eigenvalue weighted by Gasteiger charge is 2.22. The highest BCUT2D eigenvalue weighted by Crippen LogP contribution is 2.17. The fourth-order valence-corrected chi connectivity index (χ4v) is 5.41. The lowest BCUT2D eigenvalue weighted by Gasteiger charge is -2.34. The van der Waals surface area contributed by atoms with Crippen molar-refractivity contribution in [3.8, 4) is 0 Å².